The molecule has 0 saturated carbocycles. The third-order valence-corrected chi connectivity index (χ3v) is 2.59. The van der Waals surface area contributed by atoms with E-state index in [9.17, 15) is 5.11 Å². The van der Waals surface area contributed by atoms with Crippen LogP contribution in [-0.2, 0) is 0 Å². The van der Waals surface area contributed by atoms with E-state index in [0.29, 0.717) is 6.61 Å². The van der Waals surface area contributed by atoms with Gasteiger partial charge in [0.1, 0.15) is 11.9 Å². The molecule has 0 saturated heterocycles. The standard InChI is InChI=1S/C14H16N2O2/c1-2-9-18-13-5-3-11(4-6-13)14(17)12-7-8-15-16-10-12/h3-8,10,14,17H,2,9H2,1H3. The Bertz CT molecular complexity index is 471. The van der Waals surface area contributed by atoms with Gasteiger partial charge in [0.05, 0.1) is 12.8 Å². The van der Waals surface area contributed by atoms with Crippen LogP contribution in [0.25, 0.3) is 0 Å². The molecular formula is C14H16N2O2. The van der Waals surface area contributed by atoms with Gasteiger partial charge >= 0.3 is 0 Å². The summed E-state index contributed by atoms with van der Waals surface area (Å²) in [4.78, 5) is 0. The van der Waals surface area contributed by atoms with Crippen LogP contribution >= 0.6 is 0 Å². The van der Waals surface area contributed by atoms with E-state index in [1.54, 1.807) is 18.5 Å². The molecule has 1 aromatic heterocycles. The summed E-state index contributed by atoms with van der Waals surface area (Å²) < 4.78 is 5.49. The number of hydrogen-bond donors (Lipinski definition) is 1. The molecule has 1 atom stereocenters. The van der Waals surface area contributed by atoms with Crippen LogP contribution in [0.3, 0.4) is 0 Å². The first-order valence-electron chi connectivity index (χ1n) is 5.98. The predicted molar refractivity (Wildman–Crippen MR) is 68.3 cm³/mol. The Labute approximate surface area is 106 Å². The normalized spacial score (nSPS) is 12.1. The first-order valence-corrected chi connectivity index (χ1v) is 5.98. The summed E-state index contributed by atoms with van der Waals surface area (Å²) in [6.45, 7) is 2.77. The Kier molecular flexibility index (Phi) is 4.25. The molecule has 0 aliphatic heterocycles. The number of ether oxygens (including phenoxy) is 1. The van der Waals surface area contributed by atoms with Crippen molar-refractivity contribution in [1.29, 1.82) is 0 Å². The van der Waals surface area contributed by atoms with Crippen molar-refractivity contribution in [3.05, 3.63) is 53.9 Å². The van der Waals surface area contributed by atoms with Gasteiger partial charge in [-0.05, 0) is 30.2 Å². The fourth-order valence-corrected chi connectivity index (χ4v) is 1.62. The van der Waals surface area contributed by atoms with Crippen LogP contribution in [0.4, 0.5) is 0 Å². The van der Waals surface area contributed by atoms with Gasteiger partial charge in [-0.1, -0.05) is 19.1 Å². The van der Waals surface area contributed by atoms with Crippen molar-refractivity contribution < 1.29 is 9.84 Å². The minimum absolute atomic E-state index is 0.680. The van der Waals surface area contributed by atoms with E-state index in [4.69, 9.17) is 4.74 Å². The summed E-state index contributed by atoms with van der Waals surface area (Å²) in [7, 11) is 0. The summed E-state index contributed by atoms with van der Waals surface area (Å²) in [6.07, 6.45) is 3.43. The number of aliphatic hydroxyl groups excluding tert-OH is 1. The van der Waals surface area contributed by atoms with Gasteiger partial charge in [0, 0.05) is 11.8 Å². The monoisotopic (exact) mass is 244 g/mol. The van der Waals surface area contributed by atoms with E-state index >= 15 is 0 Å². The second-order valence-corrected chi connectivity index (χ2v) is 4.00. The second kappa shape index (κ2) is 6.12. The van der Waals surface area contributed by atoms with Crippen molar-refractivity contribution in [3.63, 3.8) is 0 Å². The topological polar surface area (TPSA) is 55.2 Å². The van der Waals surface area contributed by atoms with Crippen LogP contribution < -0.4 is 4.74 Å². The number of aromatic nitrogens is 2. The van der Waals surface area contributed by atoms with E-state index < -0.39 is 6.10 Å². The van der Waals surface area contributed by atoms with Gasteiger partial charge in [-0.2, -0.15) is 10.2 Å². The average Bonchev–Trinajstić information content (AvgIpc) is 2.46. The van der Waals surface area contributed by atoms with Crippen LogP contribution in [0.15, 0.2) is 42.7 Å². The maximum Gasteiger partial charge on any atom is 0.119 e. The van der Waals surface area contributed by atoms with Gasteiger partial charge in [-0.3, -0.25) is 0 Å². The Morgan fingerprint density at radius 1 is 1.11 bits per heavy atom. The van der Waals surface area contributed by atoms with E-state index in [1.165, 1.54) is 0 Å². The van der Waals surface area contributed by atoms with Crippen molar-refractivity contribution in [3.8, 4) is 5.75 Å². The van der Waals surface area contributed by atoms with Crippen LogP contribution in [0.1, 0.15) is 30.6 Å². The molecule has 4 nitrogen and oxygen atoms in total. The molecule has 4 heteroatoms. The molecule has 18 heavy (non-hydrogen) atoms. The highest BCUT2D eigenvalue weighted by molar-refractivity contribution is 5.32. The highest BCUT2D eigenvalue weighted by Gasteiger charge is 2.10. The highest BCUT2D eigenvalue weighted by Crippen LogP contribution is 2.23. The molecule has 0 radical (unpaired) electrons. The van der Waals surface area contributed by atoms with Gasteiger partial charge < -0.3 is 9.84 Å². The molecule has 94 valence electrons. The van der Waals surface area contributed by atoms with Crippen molar-refractivity contribution in [2.75, 3.05) is 6.61 Å². The Morgan fingerprint density at radius 3 is 2.50 bits per heavy atom. The minimum atomic E-state index is -0.680. The van der Waals surface area contributed by atoms with Crippen molar-refractivity contribution in [1.82, 2.24) is 10.2 Å². The van der Waals surface area contributed by atoms with Crippen LogP contribution in [0, 0.1) is 0 Å². The van der Waals surface area contributed by atoms with E-state index in [0.717, 1.165) is 23.3 Å². The number of aliphatic hydroxyl groups is 1. The minimum Gasteiger partial charge on any atom is -0.494 e. The van der Waals surface area contributed by atoms with Gasteiger partial charge in [-0.25, -0.2) is 0 Å². The van der Waals surface area contributed by atoms with Gasteiger partial charge in [0.15, 0.2) is 0 Å². The molecule has 0 spiro atoms. The first kappa shape index (κ1) is 12.5. The number of nitrogens with zero attached hydrogens (tertiary/aromatic N) is 2. The molecule has 0 aliphatic carbocycles. The van der Waals surface area contributed by atoms with Gasteiger partial charge in [-0.15, -0.1) is 0 Å². The number of hydrogen-bond acceptors (Lipinski definition) is 4. The predicted octanol–water partition coefficient (Wildman–Crippen LogP) is 2.35. The zero-order chi connectivity index (χ0) is 12.8. The molecular weight excluding hydrogens is 228 g/mol. The lowest BCUT2D eigenvalue weighted by molar-refractivity contribution is 0.219. The molecule has 0 aliphatic rings. The van der Waals surface area contributed by atoms with Crippen molar-refractivity contribution in [2.24, 2.45) is 0 Å². The lowest BCUT2D eigenvalue weighted by Gasteiger charge is -2.11. The van der Waals surface area contributed by atoms with E-state index in [1.807, 2.05) is 24.3 Å². The molecule has 0 fully saturated rings. The van der Waals surface area contributed by atoms with Gasteiger partial charge in [0.25, 0.3) is 0 Å². The fourth-order valence-electron chi connectivity index (χ4n) is 1.62. The number of benzene rings is 1. The largest absolute Gasteiger partial charge is 0.494 e. The van der Waals surface area contributed by atoms with E-state index in [-0.39, 0.29) is 0 Å². The second-order valence-electron chi connectivity index (χ2n) is 4.00. The zero-order valence-corrected chi connectivity index (χ0v) is 10.3. The Morgan fingerprint density at radius 2 is 1.89 bits per heavy atom. The highest BCUT2D eigenvalue weighted by atomic mass is 16.5. The molecule has 0 amide bonds. The van der Waals surface area contributed by atoms with Crippen molar-refractivity contribution >= 4 is 0 Å². The lowest BCUT2D eigenvalue weighted by atomic mass is 10.0. The molecule has 0 bridgehead atoms. The maximum absolute atomic E-state index is 10.2. The van der Waals surface area contributed by atoms with E-state index in [2.05, 4.69) is 17.1 Å². The summed E-state index contributed by atoms with van der Waals surface area (Å²) in [6, 6.07) is 9.19. The van der Waals surface area contributed by atoms with Crippen LogP contribution in [0.5, 0.6) is 5.75 Å². The van der Waals surface area contributed by atoms with Gasteiger partial charge in [0.2, 0.25) is 0 Å². The number of rotatable bonds is 5. The molecule has 2 aromatic rings. The maximum atomic E-state index is 10.2. The average molecular weight is 244 g/mol. The molecule has 1 unspecified atom stereocenters. The molecule has 1 heterocycles. The van der Waals surface area contributed by atoms with Crippen molar-refractivity contribution in [2.45, 2.75) is 19.4 Å². The summed E-state index contributed by atoms with van der Waals surface area (Å²) in [5, 5.41) is 17.6. The lowest BCUT2D eigenvalue weighted by Crippen LogP contribution is -2.01. The molecule has 1 N–H and O–H groups in total. The third kappa shape index (κ3) is 3.05. The SMILES string of the molecule is CCCOc1ccc(C(O)c2ccnnc2)cc1. The van der Waals surface area contributed by atoms with Crippen LogP contribution in [-0.4, -0.2) is 21.9 Å². The van der Waals surface area contributed by atoms with Crippen LogP contribution in [0.2, 0.25) is 0 Å². The Balaban J connectivity index is 2.09. The zero-order valence-electron chi connectivity index (χ0n) is 10.3. The summed E-state index contributed by atoms with van der Waals surface area (Å²) >= 11 is 0. The molecule has 2 rings (SSSR count). The Hall–Kier alpha value is -1.94. The summed E-state index contributed by atoms with van der Waals surface area (Å²) in [5.41, 5.74) is 1.54. The first-order chi connectivity index (χ1) is 8.81. The quantitative estimate of drug-likeness (QED) is 0.877. The third-order valence-electron chi connectivity index (χ3n) is 2.59. The molecule has 1 aromatic carbocycles. The summed E-state index contributed by atoms with van der Waals surface area (Å²) in [5.74, 6) is 0.820. The smallest absolute Gasteiger partial charge is 0.119 e. The fraction of sp³-hybridized carbons (Fsp3) is 0.286.